The minimum Gasteiger partial charge on any atom is -0.449 e. The van der Waals surface area contributed by atoms with Crippen molar-refractivity contribution in [3.8, 4) is 11.8 Å². The van der Waals surface area contributed by atoms with Gasteiger partial charge in [-0.15, -0.1) is 0 Å². The van der Waals surface area contributed by atoms with E-state index in [1.807, 2.05) is 36.3 Å². The maximum atomic E-state index is 12.0. The van der Waals surface area contributed by atoms with Gasteiger partial charge in [-0.1, -0.05) is 30.3 Å². The average Bonchev–Trinajstić information content (AvgIpc) is 2.40. The zero-order valence-corrected chi connectivity index (χ0v) is 11.4. The van der Waals surface area contributed by atoms with Gasteiger partial charge >= 0.3 is 12.1 Å². The molecule has 0 bridgehead atoms. The van der Waals surface area contributed by atoms with Crippen LogP contribution in [0, 0.1) is 11.8 Å². The molecule has 114 valence electrons. The van der Waals surface area contributed by atoms with E-state index in [4.69, 9.17) is 9.47 Å². The fourth-order valence-electron chi connectivity index (χ4n) is 1.48. The second-order valence-corrected chi connectivity index (χ2v) is 4.19. The molecule has 0 saturated carbocycles. The summed E-state index contributed by atoms with van der Waals surface area (Å²) in [6.07, 6.45) is -5.65. The zero-order valence-electron chi connectivity index (χ0n) is 11.4. The van der Waals surface area contributed by atoms with Gasteiger partial charge in [0, 0.05) is 19.3 Å². The molecule has 21 heavy (non-hydrogen) atoms. The molecule has 0 N–H and O–H groups in total. The quantitative estimate of drug-likeness (QED) is 0.460. The summed E-state index contributed by atoms with van der Waals surface area (Å²) in [5, 5.41) is 0. The van der Waals surface area contributed by atoms with Gasteiger partial charge < -0.3 is 9.47 Å². The Morgan fingerprint density at radius 2 is 1.95 bits per heavy atom. The predicted molar refractivity (Wildman–Crippen MR) is 70.1 cm³/mol. The second-order valence-electron chi connectivity index (χ2n) is 4.19. The fraction of sp³-hybridized carbons (Fsp3) is 0.400. The molecule has 1 atom stereocenters. The van der Waals surface area contributed by atoms with E-state index in [0.29, 0.717) is 6.61 Å². The highest BCUT2D eigenvalue weighted by molar-refractivity contribution is 5.66. The molecule has 0 amide bonds. The Balaban J connectivity index is 2.42. The van der Waals surface area contributed by atoms with Crippen LogP contribution in [0.25, 0.3) is 0 Å². The van der Waals surface area contributed by atoms with Crippen LogP contribution >= 0.6 is 0 Å². The number of ether oxygens (including phenoxy) is 2. The van der Waals surface area contributed by atoms with Crippen molar-refractivity contribution in [3.05, 3.63) is 35.9 Å². The van der Waals surface area contributed by atoms with Crippen molar-refractivity contribution in [1.82, 2.24) is 0 Å². The smallest absolute Gasteiger partial charge is 0.449 e. The first kappa shape index (κ1) is 17.1. The molecule has 0 heterocycles. The Morgan fingerprint density at radius 1 is 1.29 bits per heavy atom. The van der Waals surface area contributed by atoms with Gasteiger partial charge in [-0.3, -0.25) is 4.79 Å². The zero-order chi connectivity index (χ0) is 15.7. The topological polar surface area (TPSA) is 35.5 Å². The molecule has 0 aliphatic rings. The van der Waals surface area contributed by atoms with Gasteiger partial charge in [0.15, 0.2) is 6.10 Å². The van der Waals surface area contributed by atoms with E-state index in [9.17, 15) is 18.0 Å². The molecule has 3 nitrogen and oxygen atoms in total. The summed E-state index contributed by atoms with van der Waals surface area (Å²) < 4.78 is 46.1. The molecule has 1 aromatic carbocycles. The van der Waals surface area contributed by atoms with Crippen molar-refractivity contribution >= 4 is 5.97 Å². The first-order valence-corrected chi connectivity index (χ1v) is 6.25. The monoisotopic (exact) mass is 300 g/mol. The van der Waals surface area contributed by atoms with Crippen LogP contribution in [0.5, 0.6) is 0 Å². The van der Waals surface area contributed by atoms with Gasteiger partial charge in [-0.25, -0.2) is 0 Å². The van der Waals surface area contributed by atoms with E-state index >= 15 is 0 Å². The molecule has 0 aliphatic carbocycles. The third-order valence-corrected chi connectivity index (χ3v) is 2.32. The van der Waals surface area contributed by atoms with Crippen LogP contribution in [0.2, 0.25) is 0 Å². The van der Waals surface area contributed by atoms with Crippen LogP contribution in [-0.2, 0) is 20.9 Å². The van der Waals surface area contributed by atoms with E-state index in [0.717, 1.165) is 18.4 Å². The minimum absolute atomic E-state index is 0.0789. The highest BCUT2D eigenvalue weighted by atomic mass is 19.4. The summed E-state index contributed by atoms with van der Waals surface area (Å²) in [4.78, 5) is 10.8. The summed E-state index contributed by atoms with van der Waals surface area (Å²) >= 11 is 0. The summed E-state index contributed by atoms with van der Waals surface area (Å²) in [5.74, 6) is 2.31. The number of rotatable bonds is 6. The number of benzene rings is 1. The summed E-state index contributed by atoms with van der Waals surface area (Å²) in [6, 6.07) is 9.32. The summed E-state index contributed by atoms with van der Waals surface area (Å²) in [5.41, 5.74) is 0.947. The van der Waals surface area contributed by atoms with E-state index in [-0.39, 0.29) is 13.0 Å². The first-order valence-electron chi connectivity index (χ1n) is 6.25. The van der Waals surface area contributed by atoms with Crippen molar-refractivity contribution in [2.24, 2.45) is 0 Å². The molecule has 0 aromatic heterocycles. The van der Waals surface area contributed by atoms with E-state index in [1.165, 1.54) is 0 Å². The third kappa shape index (κ3) is 8.71. The second kappa shape index (κ2) is 8.32. The lowest BCUT2D eigenvalue weighted by atomic mass is 10.2. The molecule has 0 radical (unpaired) electrons. The van der Waals surface area contributed by atoms with Crippen LogP contribution in [0.4, 0.5) is 13.2 Å². The van der Waals surface area contributed by atoms with Crippen LogP contribution in [0.15, 0.2) is 30.3 Å². The van der Waals surface area contributed by atoms with Crippen LogP contribution in [-0.4, -0.2) is 24.9 Å². The van der Waals surface area contributed by atoms with Crippen molar-refractivity contribution in [1.29, 1.82) is 0 Å². The lowest BCUT2D eigenvalue weighted by Crippen LogP contribution is -2.18. The summed E-state index contributed by atoms with van der Waals surface area (Å²) in [6.45, 7) is 1.59. The Morgan fingerprint density at radius 3 is 2.52 bits per heavy atom. The third-order valence-electron chi connectivity index (χ3n) is 2.32. The highest BCUT2D eigenvalue weighted by Crippen LogP contribution is 2.13. The largest absolute Gasteiger partial charge is 0.457 e. The Labute approximate surface area is 121 Å². The van der Waals surface area contributed by atoms with Crippen LogP contribution in [0.1, 0.15) is 18.9 Å². The van der Waals surface area contributed by atoms with E-state index in [1.54, 1.807) is 0 Å². The molecular formula is C15H15F3O3. The van der Waals surface area contributed by atoms with Gasteiger partial charge in [0.05, 0.1) is 13.2 Å². The molecule has 1 aromatic rings. The van der Waals surface area contributed by atoms with Crippen molar-refractivity contribution < 1.29 is 27.4 Å². The molecule has 0 unspecified atom stereocenters. The summed E-state index contributed by atoms with van der Waals surface area (Å²) in [7, 11) is 0. The van der Waals surface area contributed by atoms with Crippen molar-refractivity contribution in [2.75, 3.05) is 6.61 Å². The lowest BCUT2D eigenvalue weighted by Gasteiger charge is -2.11. The Kier molecular flexibility index (Phi) is 6.76. The Bertz CT molecular complexity index is 500. The molecule has 6 heteroatoms. The number of hydrogen-bond acceptors (Lipinski definition) is 3. The maximum Gasteiger partial charge on any atom is 0.457 e. The molecule has 0 fully saturated rings. The maximum absolute atomic E-state index is 12.0. The average molecular weight is 300 g/mol. The molecule has 0 spiro atoms. The van der Waals surface area contributed by atoms with Gasteiger partial charge in [0.1, 0.15) is 0 Å². The highest BCUT2D eigenvalue weighted by Gasteiger charge is 2.24. The number of alkyl halides is 3. The SMILES string of the molecule is CC(=O)O[C@@H](C#CC(F)(F)F)CCOCc1ccccc1. The van der Waals surface area contributed by atoms with Crippen LogP contribution in [0.3, 0.4) is 0 Å². The van der Waals surface area contributed by atoms with Gasteiger partial charge in [-0.2, -0.15) is 13.2 Å². The number of halogens is 3. The standard InChI is InChI=1S/C15H15F3O3/c1-12(19)21-14(7-9-15(16,17)18)8-10-20-11-13-5-3-2-4-6-13/h2-6,14H,8,10-11H2,1H3/t14-/m0/s1. The number of carbonyl (C=O) groups is 1. The normalized spacial score (nSPS) is 12.2. The minimum atomic E-state index is -4.61. The first-order chi connectivity index (χ1) is 9.87. The predicted octanol–water partition coefficient (Wildman–Crippen LogP) is 3.09. The lowest BCUT2D eigenvalue weighted by molar-refractivity contribution is -0.144. The number of esters is 1. The Hall–Kier alpha value is -2.00. The number of hydrogen-bond donors (Lipinski definition) is 0. The molecule has 1 rings (SSSR count). The van der Waals surface area contributed by atoms with Crippen molar-refractivity contribution in [2.45, 2.75) is 32.2 Å². The molecule has 0 saturated heterocycles. The fourth-order valence-corrected chi connectivity index (χ4v) is 1.48. The van der Waals surface area contributed by atoms with Crippen molar-refractivity contribution in [3.63, 3.8) is 0 Å². The molecule has 0 aliphatic heterocycles. The van der Waals surface area contributed by atoms with Crippen LogP contribution < -0.4 is 0 Å². The van der Waals surface area contributed by atoms with Gasteiger partial charge in [0.25, 0.3) is 0 Å². The van der Waals surface area contributed by atoms with Gasteiger partial charge in [-0.05, 0) is 11.5 Å². The van der Waals surface area contributed by atoms with E-state index in [2.05, 4.69) is 0 Å². The van der Waals surface area contributed by atoms with Gasteiger partial charge in [0.2, 0.25) is 0 Å². The molecular weight excluding hydrogens is 285 g/mol. The van der Waals surface area contributed by atoms with E-state index < -0.39 is 18.2 Å². The number of carbonyl (C=O) groups excluding carboxylic acids is 1.